The fraction of sp³-hybridized carbons (Fsp3) is 0.870. The van der Waals surface area contributed by atoms with Gasteiger partial charge in [0.25, 0.3) is 0 Å². The second-order valence-electron chi connectivity index (χ2n) is 15.8. The van der Waals surface area contributed by atoms with Crippen LogP contribution in [0.25, 0.3) is 0 Å². The number of esters is 2. The summed E-state index contributed by atoms with van der Waals surface area (Å²) in [6, 6.07) is 0. The summed E-state index contributed by atoms with van der Waals surface area (Å²) >= 11 is 0. The molecule has 0 aromatic rings. The van der Waals surface area contributed by atoms with Crippen LogP contribution in [0.3, 0.4) is 0 Å². The monoisotopic (exact) mass is 797 g/mol. The Kier molecular flexibility index (Phi) is 34.9. The molecular weight excluding hydrogens is 712 g/mol. The van der Waals surface area contributed by atoms with Gasteiger partial charge in [-0.3, -0.25) is 9.59 Å². The highest BCUT2D eigenvalue weighted by Crippen LogP contribution is 2.23. The van der Waals surface area contributed by atoms with Gasteiger partial charge in [0.1, 0.15) is 31.0 Å². The zero-order valence-electron chi connectivity index (χ0n) is 35.6. The second kappa shape index (κ2) is 37.5. The lowest BCUT2D eigenvalue weighted by atomic mass is 9.99. The number of carbonyl (C=O) groups is 2. The standard InChI is InChI=1S/C46H84O10/c1-3-5-7-9-11-13-15-17-19-20-21-23-24-26-28-30-32-34-41(48)53-37-39(38-54-46-45(52)44(51)43(50)40(36-47)56-46)55-42(49)35-33-31-29-27-25-22-18-16-14-12-10-8-6-4-2/h13,15-16,18,39-40,43-47,50-52H,3-12,14,17,19-38H2,1-2H3/b15-13+,18-16+/t39-,40-,43+,44?,45?,46-/m0/s1. The average Bonchev–Trinajstić information content (AvgIpc) is 3.19. The van der Waals surface area contributed by atoms with Crippen molar-refractivity contribution in [2.75, 3.05) is 19.8 Å². The van der Waals surface area contributed by atoms with Crippen LogP contribution in [0.2, 0.25) is 0 Å². The first-order valence-electron chi connectivity index (χ1n) is 22.9. The minimum Gasteiger partial charge on any atom is -0.462 e. The summed E-state index contributed by atoms with van der Waals surface area (Å²) in [5, 5.41) is 40.1. The van der Waals surface area contributed by atoms with Crippen molar-refractivity contribution in [3.05, 3.63) is 24.3 Å². The molecule has 0 aromatic heterocycles. The quantitative estimate of drug-likeness (QED) is 0.0270. The number of allylic oxidation sites excluding steroid dienone is 4. The van der Waals surface area contributed by atoms with Crippen LogP contribution < -0.4 is 0 Å². The minimum absolute atomic E-state index is 0.219. The SMILES string of the molecule is CCCCCC/C=C/CCCCCCCCCCCC(=O)OC[C@@H](CO[C@H]1O[C@@H](CO)[C@@H](O)C(O)C1O)OC(=O)CCCCCCC/C=C/CCCCCCC. The van der Waals surface area contributed by atoms with Crippen LogP contribution in [0.5, 0.6) is 0 Å². The van der Waals surface area contributed by atoms with Crippen LogP contribution in [-0.2, 0) is 28.5 Å². The van der Waals surface area contributed by atoms with Gasteiger partial charge >= 0.3 is 11.9 Å². The third-order valence-electron chi connectivity index (χ3n) is 10.6. The largest absolute Gasteiger partial charge is 0.462 e. The summed E-state index contributed by atoms with van der Waals surface area (Å²) in [5.74, 6) is -0.814. The van der Waals surface area contributed by atoms with E-state index in [4.69, 9.17) is 18.9 Å². The molecule has 0 spiro atoms. The number of ether oxygens (including phenoxy) is 4. The maximum atomic E-state index is 12.8. The van der Waals surface area contributed by atoms with E-state index in [0.29, 0.717) is 6.42 Å². The molecule has 1 rings (SSSR count). The van der Waals surface area contributed by atoms with Gasteiger partial charge in [0.2, 0.25) is 0 Å². The van der Waals surface area contributed by atoms with Crippen molar-refractivity contribution in [1.82, 2.24) is 0 Å². The third-order valence-corrected chi connectivity index (χ3v) is 10.6. The van der Waals surface area contributed by atoms with Crippen LogP contribution in [0, 0.1) is 0 Å². The van der Waals surface area contributed by atoms with Gasteiger partial charge in [-0.25, -0.2) is 0 Å². The van der Waals surface area contributed by atoms with E-state index >= 15 is 0 Å². The molecule has 2 unspecified atom stereocenters. The van der Waals surface area contributed by atoms with Crippen molar-refractivity contribution in [2.24, 2.45) is 0 Å². The molecule has 1 saturated heterocycles. The molecule has 0 amide bonds. The number of carbonyl (C=O) groups excluding carboxylic acids is 2. The molecule has 10 heteroatoms. The third kappa shape index (κ3) is 28.6. The molecule has 1 aliphatic rings. The van der Waals surface area contributed by atoms with Crippen LogP contribution in [0.1, 0.15) is 200 Å². The van der Waals surface area contributed by atoms with Gasteiger partial charge in [-0.15, -0.1) is 0 Å². The van der Waals surface area contributed by atoms with E-state index in [-0.39, 0.29) is 32.0 Å². The molecule has 0 bridgehead atoms. The van der Waals surface area contributed by atoms with E-state index in [1.54, 1.807) is 0 Å². The van der Waals surface area contributed by atoms with Gasteiger partial charge in [0, 0.05) is 12.8 Å². The molecule has 10 nitrogen and oxygen atoms in total. The minimum atomic E-state index is -1.59. The van der Waals surface area contributed by atoms with Gasteiger partial charge in [0.15, 0.2) is 12.4 Å². The Morgan fingerprint density at radius 1 is 0.536 bits per heavy atom. The van der Waals surface area contributed by atoms with Crippen LogP contribution in [0.4, 0.5) is 0 Å². The topological polar surface area (TPSA) is 152 Å². The highest BCUT2D eigenvalue weighted by molar-refractivity contribution is 5.70. The Morgan fingerprint density at radius 3 is 1.41 bits per heavy atom. The maximum Gasteiger partial charge on any atom is 0.306 e. The number of hydrogen-bond donors (Lipinski definition) is 4. The number of hydrogen-bond acceptors (Lipinski definition) is 10. The summed E-state index contributed by atoms with van der Waals surface area (Å²) in [5.41, 5.74) is 0. The zero-order valence-corrected chi connectivity index (χ0v) is 35.6. The van der Waals surface area contributed by atoms with Crippen molar-refractivity contribution in [1.29, 1.82) is 0 Å². The highest BCUT2D eigenvalue weighted by atomic mass is 16.7. The van der Waals surface area contributed by atoms with Crippen LogP contribution in [0.15, 0.2) is 24.3 Å². The summed E-state index contributed by atoms with van der Waals surface area (Å²) in [6.07, 6.45) is 33.2. The summed E-state index contributed by atoms with van der Waals surface area (Å²) in [7, 11) is 0. The van der Waals surface area contributed by atoms with E-state index < -0.39 is 49.4 Å². The van der Waals surface area contributed by atoms with Gasteiger partial charge in [-0.2, -0.15) is 0 Å². The normalized spacial score (nSPS) is 20.6. The van der Waals surface area contributed by atoms with E-state index in [0.717, 1.165) is 64.2 Å². The molecule has 1 aliphatic heterocycles. The van der Waals surface area contributed by atoms with Gasteiger partial charge in [-0.1, -0.05) is 147 Å². The molecule has 0 saturated carbocycles. The predicted molar refractivity (Wildman–Crippen MR) is 224 cm³/mol. The smallest absolute Gasteiger partial charge is 0.306 e. The van der Waals surface area contributed by atoms with E-state index in [1.165, 1.54) is 103 Å². The van der Waals surface area contributed by atoms with Crippen molar-refractivity contribution >= 4 is 11.9 Å². The number of aliphatic hydroxyl groups is 4. The molecule has 328 valence electrons. The lowest BCUT2D eigenvalue weighted by Crippen LogP contribution is -2.59. The number of unbranched alkanes of at least 4 members (excludes halogenated alkanes) is 23. The first-order valence-corrected chi connectivity index (χ1v) is 22.9. The Hall–Kier alpha value is -1.82. The molecule has 0 aromatic carbocycles. The van der Waals surface area contributed by atoms with Crippen molar-refractivity contribution in [3.63, 3.8) is 0 Å². The fourth-order valence-corrected chi connectivity index (χ4v) is 6.88. The molecular formula is C46H84O10. The molecule has 56 heavy (non-hydrogen) atoms. The first-order chi connectivity index (χ1) is 27.3. The predicted octanol–water partition coefficient (Wildman–Crippen LogP) is 9.72. The molecule has 4 N–H and O–H groups in total. The number of rotatable bonds is 38. The molecule has 0 aliphatic carbocycles. The van der Waals surface area contributed by atoms with Gasteiger partial charge in [-0.05, 0) is 64.2 Å². The van der Waals surface area contributed by atoms with Crippen molar-refractivity contribution in [3.8, 4) is 0 Å². The molecule has 1 heterocycles. The summed E-state index contributed by atoms with van der Waals surface area (Å²) < 4.78 is 22.2. The average molecular weight is 797 g/mol. The molecule has 6 atom stereocenters. The Balaban J connectivity index is 2.32. The van der Waals surface area contributed by atoms with Crippen molar-refractivity contribution < 1.29 is 49.0 Å². The Morgan fingerprint density at radius 2 is 0.946 bits per heavy atom. The van der Waals surface area contributed by atoms with E-state index in [2.05, 4.69) is 38.2 Å². The van der Waals surface area contributed by atoms with Crippen molar-refractivity contribution in [2.45, 2.75) is 237 Å². The Labute approximate surface area is 341 Å². The fourth-order valence-electron chi connectivity index (χ4n) is 6.88. The molecule has 0 radical (unpaired) electrons. The number of aliphatic hydroxyl groups excluding tert-OH is 4. The van der Waals surface area contributed by atoms with Gasteiger partial charge < -0.3 is 39.4 Å². The summed E-state index contributed by atoms with van der Waals surface area (Å²) in [6.45, 7) is 3.40. The van der Waals surface area contributed by atoms with Gasteiger partial charge in [0.05, 0.1) is 13.2 Å². The molecule has 1 fully saturated rings. The summed E-state index contributed by atoms with van der Waals surface area (Å²) in [4.78, 5) is 25.3. The maximum absolute atomic E-state index is 12.8. The van der Waals surface area contributed by atoms with E-state index in [1.807, 2.05) is 0 Å². The lowest BCUT2D eigenvalue weighted by molar-refractivity contribution is -0.305. The lowest BCUT2D eigenvalue weighted by Gasteiger charge is -2.39. The second-order valence-corrected chi connectivity index (χ2v) is 15.8. The first kappa shape index (κ1) is 52.2. The highest BCUT2D eigenvalue weighted by Gasteiger charge is 2.44. The van der Waals surface area contributed by atoms with Crippen LogP contribution >= 0.6 is 0 Å². The van der Waals surface area contributed by atoms with Crippen LogP contribution in [-0.4, -0.2) is 89.0 Å². The van der Waals surface area contributed by atoms with E-state index in [9.17, 15) is 30.0 Å². The Bertz CT molecular complexity index is 970. The zero-order chi connectivity index (χ0) is 40.9.